The molecule has 6 rings (SSSR count). The highest BCUT2D eigenvalue weighted by atomic mass is 31.2. The largest absolute Gasteiger partial charge is 0.446 e. The van der Waals surface area contributed by atoms with E-state index < -0.39 is 43.5 Å². The lowest BCUT2D eigenvalue weighted by Crippen LogP contribution is -2.51. The number of nitrogens with one attached hydrogen (secondary N) is 4. The second-order valence-corrected chi connectivity index (χ2v) is 26.3. The third kappa shape index (κ3) is 17.5. The molecule has 0 aromatic carbocycles. The molecule has 17 heteroatoms. The number of azide groups is 1. The van der Waals surface area contributed by atoms with Crippen molar-refractivity contribution in [2.45, 2.75) is 240 Å². The van der Waals surface area contributed by atoms with Gasteiger partial charge in [-0.1, -0.05) is 161 Å². The lowest BCUT2D eigenvalue weighted by atomic mass is 9.47. The van der Waals surface area contributed by atoms with Gasteiger partial charge in [0.15, 0.2) is 0 Å². The first kappa shape index (κ1) is 61.2. The first-order valence-corrected chi connectivity index (χ1v) is 31.7. The van der Waals surface area contributed by atoms with Crippen LogP contribution in [0.15, 0.2) is 32.5 Å². The highest BCUT2D eigenvalue weighted by Crippen LogP contribution is 2.67. The monoisotopic (exact) mass is 1070 g/mol. The SMILES string of the molecule is CCCCCCCCCCCCCCCCOP(=O)(NCCNCCNC(=O)O[C@H]1CC[C@@]2(C)C(=CC[C@H]3[C@@H]4CC[C@H]([C@H](C)CCCC(C)C)[C@@]4(C)CC[C@@H]32)C1)OC[C@H]1O[C@@H](n2cc(C)c(=O)[nH]c2=O)C[C@@H]1N=[N+]=[N-]. The van der Waals surface area contributed by atoms with Gasteiger partial charge in [0, 0.05) is 55.7 Å². The number of allylic oxidation sites excluding steroid dienone is 1. The molecule has 1 saturated heterocycles. The van der Waals surface area contributed by atoms with Crippen molar-refractivity contribution in [3.63, 3.8) is 0 Å². The van der Waals surface area contributed by atoms with E-state index in [1.807, 2.05) is 0 Å². The number of aryl methyl sites for hydroxylation is 1. The fourth-order valence-electron chi connectivity index (χ4n) is 14.4. The summed E-state index contributed by atoms with van der Waals surface area (Å²) in [4.78, 5) is 43.0. The number of carbonyl (C=O) groups is 1. The molecule has 4 N–H and O–H groups in total. The van der Waals surface area contributed by atoms with Crippen molar-refractivity contribution in [1.82, 2.24) is 25.3 Å². The van der Waals surface area contributed by atoms with Crippen molar-refractivity contribution in [3.8, 4) is 0 Å². The molecular weight excluding hydrogens is 968 g/mol. The molecule has 12 atom stereocenters. The minimum absolute atomic E-state index is 0.119. The maximum Gasteiger partial charge on any atom is 0.407 e. The average molecular weight is 1070 g/mol. The van der Waals surface area contributed by atoms with Crippen LogP contribution in [0, 0.1) is 53.3 Å². The predicted molar refractivity (Wildman–Crippen MR) is 300 cm³/mol. The van der Waals surface area contributed by atoms with E-state index in [0.29, 0.717) is 30.6 Å². The van der Waals surface area contributed by atoms with Gasteiger partial charge in [-0.05, 0) is 110 Å². The molecular formula is C58H101N8O8P. The summed E-state index contributed by atoms with van der Waals surface area (Å²) < 4.78 is 39.6. The molecule has 1 aromatic rings. The van der Waals surface area contributed by atoms with Gasteiger partial charge in [0.25, 0.3) is 5.56 Å². The van der Waals surface area contributed by atoms with Gasteiger partial charge in [0.05, 0.1) is 25.4 Å². The lowest BCUT2D eigenvalue weighted by Gasteiger charge is -2.58. The van der Waals surface area contributed by atoms with Crippen LogP contribution in [0.3, 0.4) is 0 Å². The van der Waals surface area contributed by atoms with Gasteiger partial charge in [0.1, 0.15) is 12.3 Å². The zero-order valence-corrected chi connectivity index (χ0v) is 48.5. The Morgan fingerprint density at radius 3 is 2.28 bits per heavy atom. The molecule has 5 aliphatic rings. The molecule has 4 fully saturated rings. The second kappa shape index (κ2) is 30.4. The van der Waals surface area contributed by atoms with E-state index >= 15 is 0 Å². The van der Waals surface area contributed by atoms with Crippen molar-refractivity contribution >= 4 is 13.8 Å². The van der Waals surface area contributed by atoms with Crippen LogP contribution in [0.1, 0.15) is 220 Å². The number of alkyl carbamates (subject to hydrolysis) is 1. The highest BCUT2D eigenvalue weighted by Gasteiger charge is 2.59. The Kier molecular flexibility index (Phi) is 24.8. The molecule has 1 aromatic heterocycles. The summed E-state index contributed by atoms with van der Waals surface area (Å²) >= 11 is 0. The van der Waals surface area contributed by atoms with Crippen LogP contribution >= 0.6 is 7.75 Å². The number of H-pyrrole nitrogens is 1. The molecule has 1 aliphatic heterocycles. The third-order valence-corrected chi connectivity index (χ3v) is 20.4. The minimum atomic E-state index is -3.87. The highest BCUT2D eigenvalue weighted by molar-refractivity contribution is 7.51. The number of amides is 1. The van der Waals surface area contributed by atoms with Crippen LogP contribution in [0.25, 0.3) is 10.4 Å². The summed E-state index contributed by atoms with van der Waals surface area (Å²) in [6.07, 6.45) is 32.6. The van der Waals surface area contributed by atoms with E-state index in [4.69, 9.17) is 18.5 Å². The fraction of sp³-hybridized carbons (Fsp3) is 0.879. The average Bonchev–Trinajstić information content (AvgIpc) is 3.95. The van der Waals surface area contributed by atoms with E-state index in [-0.39, 0.29) is 37.7 Å². The van der Waals surface area contributed by atoms with Gasteiger partial charge < -0.3 is 20.1 Å². The number of rotatable bonds is 34. The molecule has 3 saturated carbocycles. The van der Waals surface area contributed by atoms with Crippen LogP contribution in [-0.4, -0.2) is 73.3 Å². The van der Waals surface area contributed by atoms with Crippen LogP contribution in [0.4, 0.5) is 4.79 Å². The normalized spacial score (nSPS) is 29.4. The Morgan fingerprint density at radius 2 is 1.59 bits per heavy atom. The summed E-state index contributed by atoms with van der Waals surface area (Å²) in [6, 6.07) is -0.721. The number of hydrogen-bond donors (Lipinski definition) is 4. The Bertz CT molecular complexity index is 2160. The number of hydrogen-bond acceptors (Lipinski definition) is 10. The van der Waals surface area contributed by atoms with Gasteiger partial charge in [-0.3, -0.25) is 23.4 Å². The first-order valence-electron chi connectivity index (χ1n) is 30.1. The Hall–Kier alpha value is -2.97. The molecule has 426 valence electrons. The predicted octanol–water partition coefficient (Wildman–Crippen LogP) is 13.7. The van der Waals surface area contributed by atoms with E-state index in [1.54, 1.807) is 6.92 Å². The molecule has 4 aliphatic carbocycles. The lowest BCUT2D eigenvalue weighted by molar-refractivity contribution is -0.0581. The molecule has 0 spiro atoms. The molecule has 0 bridgehead atoms. The van der Waals surface area contributed by atoms with Gasteiger partial charge >= 0.3 is 19.5 Å². The van der Waals surface area contributed by atoms with Gasteiger partial charge in [-0.2, -0.15) is 0 Å². The van der Waals surface area contributed by atoms with E-state index in [9.17, 15) is 24.5 Å². The summed E-state index contributed by atoms with van der Waals surface area (Å²) in [5.74, 6) is 4.77. The molecule has 75 heavy (non-hydrogen) atoms. The van der Waals surface area contributed by atoms with Crippen molar-refractivity contribution in [3.05, 3.63) is 54.7 Å². The Balaban J connectivity index is 0.911. The third-order valence-electron chi connectivity index (χ3n) is 18.7. The Morgan fingerprint density at radius 1 is 0.893 bits per heavy atom. The number of fused-ring (bicyclic) bond motifs is 5. The van der Waals surface area contributed by atoms with Gasteiger partial charge in [-0.15, -0.1) is 0 Å². The molecule has 1 unspecified atom stereocenters. The zero-order valence-electron chi connectivity index (χ0n) is 47.6. The van der Waals surface area contributed by atoms with Crippen LogP contribution in [0.5, 0.6) is 0 Å². The number of carbonyl (C=O) groups excluding carboxylic acids is 1. The van der Waals surface area contributed by atoms with Crippen molar-refractivity contribution in [2.24, 2.45) is 51.5 Å². The maximum atomic E-state index is 14.2. The van der Waals surface area contributed by atoms with Gasteiger partial charge in [0.2, 0.25) is 0 Å². The van der Waals surface area contributed by atoms with Crippen LogP contribution < -0.4 is 27.0 Å². The number of unbranched alkanes of at least 4 members (excludes halogenated alkanes) is 13. The molecule has 0 radical (unpaired) electrons. The number of nitrogens with zero attached hydrogens (tertiary/aromatic N) is 4. The van der Waals surface area contributed by atoms with E-state index in [1.165, 1.54) is 132 Å². The van der Waals surface area contributed by atoms with Crippen LogP contribution in [0.2, 0.25) is 0 Å². The quantitative estimate of drug-likeness (QED) is 0.0128. The fourth-order valence-corrected chi connectivity index (χ4v) is 15.8. The maximum absolute atomic E-state index is 14.2. The smallest absolute Gasteiger partial charge is 0.407 e. The molecule has 16 nitrogen and oxygen atoms in total. The molecule has 1 amide bonds. The van der Waals surface area contributed by atoms with Gasteiger partial charge in [-0.25, -0.2) is 19.2 Å². The number of aromatic nitrogens is 2. The van der Waals surface area contributed by atoms with E-state index in [0.717, 1.165) is 80.5 Å². The van der Waals surface area contributed by atoms with Crippen molar-refractivity contribution in [1.29, 1.82) is 0 Å². The van der Waals surface area contributed by atoms with Crippen molar-refractivity contribution < 1.29 is 27.9 Å². The number of ether oxygens (including phenoxy) is 2. The van der Waals surface area contributed by atoms with Crippen LogP contribution in [-0.2, 0) is 23.1 Å². The van der Waals surface area contributed by atoms with Crippen molar-refractivity contribution in [2.75, 3.05) is 39.4 Å². The summed E-state index contributed by atoms with van der Waals surface area (Å²) in [5.41, 5.74) is 10.7. The second-order valence-electron chi connectivity index (χ2n) is 24.5. The van der Waals surface area contributed by atoms with E-state index in [2.05, 4.69) is 78.3 Å². The summed E-state index contributed by atoms with van der Waals surface area (Å²) in [7, 11) is -3.87. The standard InChI is InChI=1S/C58H101N8O8P/c1-8-9-10-11-12-13-14-15-16-17-18-19-20-21-37-71-75(70,72-41-52-51(64-65-59)39-53(74-52)66-40-44(5)54(67)63-55(66)68)62-36-34-60-33-35-61-56(69)73-46-29-31-57(6)45(38-46)25-26-47-49-28-27-48(43(4)24-22-23-42(2)3)58(49,7)32-30-50(47)57/h25,40,42-43,46-53,60H,8-24,26-39,41H2,1-7H3,(H,61,69)(H,62,70)(H,63,67,68)/t43-,46+,47+,48-,49+,50+,51+,52-,53-,57+,58-,75?/m1/s1. The topological polar surface area (TPSA) is 211 Å². The number of aromatic amines is 1. The zero-order chi connectivity index (χ0) is 53.9. The summed E-state index contributed by atoms with van der Waals surface area (Å²) in [6.45, 7) is 17.8. The minimum Gasteiger partial charge on any atom is -0.446 e. The Labute approximate surface area is 450 Å². The molecule has 2 heterocycles. The first-order chi connectivity index (χ1) is 36.1. The summed E-state index contributed by atoms with van der Waals surface area (Å²) in [5, 5.41) is 13.1.